The SMILES string of the molecule is NNc1cccc(C(=O)O)c1C(=O)O. The number of hydrogen-bond acceptors (Lipinski definition) is 4. The average molecular weight is 196 g/mol. The summed E-state index contributed by atoms with van der Waals surface area (Å²) < 4.78 is 0. The lowest BCUT2D eigenvalue weighted by Gasteiger charge is -2.07. The number of carboxylic acids is 2. The van der Waals surface area contributed by atoms with E-state index in [1.807, 2.05) is 0 Å². The van der Waals surface area contributed by atoms with Crippen molar-refractivity contribution in [2.45, 2.75) is 0 Å². The summed E-state index contributed by atoms with van der Waals surface area (Å²) in [5, 5.41) is 17.5. The van der Waals surface area contributed by atoms with Crippen LogP contribution in [0.2, 0.25) is 0 Å². The minimum atomic E-state index is -1.34. The lowest BCUT2D eigenvalue weighted by molar-refractivity contribution is 0.0652. The van der Waals surface area contributed by atoms with Crippen LogP contribution in [-0.2, 0) is 0 Å². The summed E-state index contributed by atoms with van der Waals surface area (Å²) >= 11 is 0. The van der Waals surface area contributed by atoms with Gasteiger partial charge in [0.1, 0.15) is 0 Å². The molecule has 74 valence electrons. The third-order valence-electron chi connectivity index (χ3n) is 1.66. The number of nitrogens with one attached hydrogen (secondary N) is 1. The molecule has 0 aromatic heterocycles. The van der Waals surface area contributed by atoms with E-state index in [0.29, 0.717) is 0 Å². The Bertz CT molecular complexity index is 389. The van der Waals surface area contributed by atoms with Crippen LogP contribution in [0.15, 0.2) is 18.2 Å². The summed E-state index contributed by atoms with van der Waals surface area (Å²) in [6, 6.07) is 3.99. The molecule has 6 nitrogen and oxygen atoms in total. The second kappa shape index (κ2) is 3.75. The molecule has 0 heterocycles. The Morgan fingerprint density at radius 2 is 1.86 bits per heavy atom. The van der Waals surface area contributed by atoms with E-state index < -0.39 is 11.9 Å². The highest BCUT2D eigenvalue weighted by Gasteiger charge is 2.19. The van der Waals surface area contributed by atoms with Crippen molar-refractivity contribution in [1.29, 1.82) is 0 Å². The van der Waals surface area contributed by atoms with Crippen molar-refractivity contribution in [3.8, 4) is 0 Å². The number of carboxylic acid groups (broad SMARTS) is 2. The van der Waals surface area contributed by atoms with Gasteiger partial charge in [-0.15, -0.1) is 0 Å². The van der Waals surface area contributed by atoms with Gasteiger partial charge in [-0.05, 0) is 12.1 Å². The summed E-state index contributed by atoms with van der Waals surface area (Å²) in [6.07, 6.45) is 0. The number of nitrogens with two attached hydrogens (primary N) is 1. The molecule has 0 aliphatic heterocycles. The number of hydrogen-bond donors (Lipinski definition) is 4. The Hall–Kier alpha value is -2.08. The molecule has 0 spiro atoms. The molecule has 0 radical (unpaired) electrons. The lowest BCUT2D eigenvalue weighted by Crippen LogP contribution is -2.15. The van der Waals surface area contributed by atoms with Gasteiger partial charge in [-0.2, -0.15) is 0 Å². The fourth-order valence-electron chi connectivity index (χ4n) is 1.08. The fraction of sp³-hybridized carbons (Fsp3) is 0. The number of benzene rings is 1. The van der Waals surface area contributed by atoms with Crippen LogP contribution in [0, 0.1) is 0 Å². The molecule has 0 saturated heterocycles. The molecule has 1 rings (SSSR count). The molecule has 0 unspecified atom stereocenters. The van der Waals surface area contributed by atoms with Crippen molar-refractivity contribution in [1.82, 2.24) is 0 Å². The van der Waals surface area contributed by atoms with Gasteiger partial charge in [0.15, 0.2) is 0 Å². The van der Waals surface area contributed by atoms with Crippen LogP contribution in [0.25, 0.3) is 0 Å². The van der Waals surface area contributed by atoms with Gasteiger partial charge in [0.2, 0.25) is 0 Å². The molecule has 1 aromatic carbocycles. The molecule has 0 aliphatic carbocycles. The Labute approximate surface area is 78.9 Å². The monoisotopic (exact) mass is 196 g/mol. The number of hydrazine groups is 1. The summed E-state index contributed by atoms with van der Waals surface area (Å²) in [6.45, 7) is 0. The largest absolute Gasteiger partial charge is 0.478 e. The molecular weight excluding hydrogens is 188 g/mol. The Morgan fingerprint density at radius 1 is 1.21 bits per heavy atom. The van der Waals surface area contributed by atoms with E-state index in [0.717, 1.165) is 0 Å². The normalized spacial score (nSPS) is 9.50. The summed E-state index contributed by atoms with van der Waals surface area (Å²) in [5.41, 5.74) is 1.55. The summed E-state index contributed by atoms with van der Waals surface area (Å²) in [4.78, 5) is 21.4. The Morgan fingerprint density at radius 3 is 2.29 bits per heavy atom. The zero-order chi connectivity index (χ0) is 10.7. The Balaban J connectivity index is 3.43. The van der Waals surface area contributed by atoms with Crippen LogP contribution in [-0.4, -0.2) is 22.2 Å². The highest BCUT2D eigenvalue weighted by molar-refractivity contribution is 6.05. The molecule has 1 aromatic rings. The zero-order valence-electron chi connectivity index (χ0n) is 7.02. The fourth-order valence-corrected chi connectivity index (χ4v) is 1.08. The minimum absolute atomic E-state index is 0.0670. The molecule has 6 heteroatoms. The highest BCUT2D eigenvalue weighted by atomic mass is 16.4. The maximum absolute atomic E-state index is 10.7. The van der Waals surface area contributed by atoms with Crippen molar-refractivity contribution in [3.63, 3.8) is 0 Å². The maximum Gasteiger partial charge on any atom is 0.338 e. The van der Waals surface area contributed by atoms with Gasteiger partial charge in [0, 0.05) is 0 Å². The van der Waals surface area contributed by atoms with E-state index in [4.69, 9.17) is 16.1 Å². The van der Waals surface area contributed by atoms with Crippen molar-refractivity contribution in [3.05, 3.63) is 29.3 Å². The van der Waals surface area contributed by atoms with Crippen molar-refractivity contribution < 1.29 is 19.8 Å². The third-order valence-corrected chi connectivity index (χ3v) is 1.66. The van der Waals surface area contributed by atoms with Crippen LogP contribution in [0.5, 0.6) is 0 Å². The second-order valence-electron chi connectivity index (χ2n) is 2.48. The molecular formula is C8H8N2O4. The molecule has 0 aliphatic rings. The molecule has 5 N–H and O–H groups in total. The van der Waals surface area contributed by atoms with Crippen LogP contribution in [0.4, 0.5) is 5.69 Å². The van der Waals surface area contributed by atoms with E-state index in [1.165, 1.54) is 18.2 Å². The first-order valence-corrected chi connectivity index (χ1v) is 3.64. The standard InChI is InChI=1S/C8H8N2O4/c9-10-5-3-1-2-4(7(11)12)6(5)8(13)14/h1-3,10H,9H2,(H,11,12)(H,13,14). The summed E-state index contributed by atoms with van der Waals surface area (Å²) in [5.74, 6) is 2.41. The summed E-state index contributed by atoms with van der Waals surface area (Å²) in [7, 11) is 0. The van der Waals surface area contributed by atoms with E-state index in [2.05, 4.69) is 5.43 Å². The predicted octanol–water partition coefficient (Wildman–Crippen LogP) is 0.369. The van der Waals surface area contributed by atoms with E-state index in [-0.39, 0.29) is 16.8 Å². The average Bonchev–Trinajstić information content (AvgIpc) is 2.16. The van der Waals surface area contributed by atoms with E-state index in [1.54, 1.807) is 0 Å². The topological polar surface area (TPSA) is 113 Å². The number of nitrogen functional groups attached to an aromatic ring is 1. The van der Waals surface area contributed by atoms with Gasteiger partial charge in [-0.3, -0.25) is 5.84 Å². The van der Waals surface area contributed by atoms with Gasteiger partial charge >= 0.3 is 11.9 Å². The van der Waals surface area contributed by atoms with Crippen LogP contribution in [0.1, 0.15) is 20.7 Å². The number of rotatable bonds is 3. The van der Waals surface area contributed by atoms with Crippen LogP contribution >= 0.6 is 0 Å². The highest BCUT2D eigenvalue weighted by Crippen LogP contribution is 2.19. The van der Waals surface area contributed by atoms with Gasteiger partial charge in [-0.1, -0.05) is 6.07 Å². The lowest BCUT2D eigenvalue weighted by atomic mass is 10.1. The molecule has 0 amide bonds. The molecule has 0 atom stereocenters. The van der Waals surface area contributed by atoms with Gasteiger partial charge in [0.05, 0.1) is 16.8 Å². The van der Waals surface area contributed by atoms with Crippen LogP contribution < -0.4 is 11.3 Å². The van der Waals surface area contributed by atoms with E-state index in [9.17, 15) is 9.59 Å². The van der Waals surface area contributed by atoms with Crippen molar-refractivity contribution in [2.24, 2.45) is 5.84 Å². The first-order chi connectivity index (χ1) is 6.57. The second-order valence-corrected chi connectivity index (χ2v) is 2.48. The van der Waals surface area contributed by atoms with Crippen molar-refractivity contribution >= 4 is 17.6 Å². The Kier molecular flexibility index (Phi) is 2.68. The molecule has 0 saturated carbocycles. The minimum Gasteiger partial charge on any atom is -0.478 e. The molecule has 14 heavy (non-hydrogen) atoms. The first-order valence-electron chi connectivity index (χ1n) is 3.64. The number of carbonyl (C=O) groups is 2. The maximum atomic E-state index is 10.7. The third kappa shape index (κ3) is 1.64. The first kappa shape index (κ1) is 10.0. The van der Waals surface area contributed by atoms with Gasteiger partial charge < -0.3 is 15.6 Å². The molecule has 0 bridgehead atoms. The van der Waals surface area contributed by atoms with Gasteiger partial charge in [0.25, 0.3) is 0 Å². The van der Waals surface area contributed by atoms with E-state index >= 15 is 0 Å². The van der Waals surface area contributed by atoms with Crippen LogP contribution in [0.3, 0.4) is 0 Å². The quantitative estimate of drug-likeness (QED) is 0.410. The number of aromatic carboxylic acids is 2. The molecule has 0 fully saturated rings. The number of anilines is 1. The van der Waals surface area contributed by atoms with Gasteiger partial charge in [-0.25, -0.2) is 9.59 Å². The zero-order valence-corrected chi connectivity index (χ0v) is 7.02. The smallest absolute Gasteiger partial charge is 0.338 e. The predicted molar refractivity (Wildman–Crippen MR) is 48.2 cm³/mol. The van der Waals surface area contributed by atoms with Crippen molar-refractivity contribution in [2.75, 3.05) is 5.43 Å².